The number of carbonyl (C=O) groups excluding carboxylic acids is 1. The predicted octanol–water partition coefficient (Wildman–Crippen LogP) is 4.86. The van der Waals surface area contributed by atoms with Gasteiger partial charge >= 0.3 is 5.97 Å². The number of rotatable bonds is 7. The van der Waals surface area contributed by atoms with Crippen LogP contribution >= 0.6 is 11.6 Å². The Morgan fingerprint density at radius 3 is 2.66 bits per heavy atom. The number of hydrogen-bond donors (Lipinski definition) is 0. The van der Waals surface area contributed by atoms with Crippen molar-refractivity contribution in [3.8, 4) is 17.0 Å². The molecule has 2 aromatic carbocycles. The number of esters is 1. The monoisotopic (exact) mass is 407 g/mol. The van der Waals surface area contributed by atoms with E-state index < -0.39 is 0 Å². The minimum absolute atomic E-state index is 0.125. The maximum Gasteiger partial charge on any atom is 0.306 e. The molecule has 29 heavy (non-hydrogen) atoms. The molecule has 0 spiro atoms. The first-order valence-corrected chi connectivity index (χ1v) is 9.51. The minimum atomic E-state index is -0.328. The molecule has 0 bridgehead atoms. The third-order valence-electron chi connectivity index (χ3n) is 4.27. The van der Waals surface area contributed by atoms with Crippen LogP contribution in [0.25, 0.3) is 17.0 Å². The molecule has 0 aliphatic rings. The molecule has 0 aliphatic heterocycles. The van der Waals surface area contributed by atoms with Crippen LogP contribution in [0, 0.1) is 0 Å². The van der Waals surface area contributed by atoms with Crippen LogP contribution in [0.15, 0.2) is 77.5 Å². The number of hydrogen-bond acceptors (Lipinski definition) is 5. The van der Waals surface area contributed by atoms with Gasteiger partial charge in [0.05, 0.1) is 18.3 Å². The summed E-state index contributed by atoms with van der Waals surface area (Å²) >= 11 is 5.89. The quantitative estimate of drug-likeness (QED) is 0.409. The number of oxazole rings is 1. The lowest BCUT2D eigenvalue weighted by Crippen LogP contribution is -2.06. The Balaban J connectivity index is 1.27. The molecule has 0 atom stereocenters. The fourth-order valence-corrected chi connectivity index (χ4v) is 2.90. The highest BCUT2D eigenvalue weighted by Crippen LogP contribution is 2.22. The summed E-state index contributed by atoms with van der Waals surface area (Å²) in [5, 5.41) is 5.07. The zero-order valence-electron chi connectivity index (χ0n) is 15.5. The van der Waals surface area contributed by atoms with Gasteiger partial charge < -0.3 is 9.15 Å². The second-order valence-electron chi connectivity index (χ2n) is 6.37. The Kier molecular flexibility index (Phi) is 5.72. The molecule has 6 nitrogen and oxygen atoms in total. The lowest BCUT2D eigenvalue weighted by Gasteiger charge is -2.02. The Labute approximate surface area is 172 Å². The van der Waals surface area contributed by atoms with Gasteiger partial charge in [0.25, 0.3) is 0 Å². The van der Waals surface area contributed by atoms with Crippen molar-refractivity contribution in [1.29, 1.82) is 0 Å². The van der Waals surface area contributed by atoms with Crippen LogP contribution in [0.5, 0.6) is 0 Å². The van der Waals surface area contributed by atoms with Crippen LogP contribution in [0.3, 0.4) is 0 Å². The Morgan fingerprint density at radius 2 is 1.86 bits per heavy atom. The van der Waals surface area contributed by atoms with Gasteiger partial charge in [-0.05, 0) is 42.5 Å². The lowest BCUT2D eigenvalue weighted by atomic mass is 10.2. The topological polar surface area (TPSA) is 70.2 Å². The Hall–Kier alpha value is -3.38. The van der Waals surface area contributed by atoms with Gasteiger partial charge in [-0.2, -0.15) is 5.10 Å². The van der Waals surface area contributed by atoms with Crippen molar-refractivity contribution < 1.29 is 13.9 Å². The van der Waals surface area contributed by atoms with Gasteiger partial charge in [0, 0.05) is 23.2 Å². The van der Waals surface area contributed by atoms with Crippen molar-refractivity contribution in [3.05, 3.63) is 89.7 Å². The lowest BCUT2D eigenvalue weighted by molar-refractivity contribution is -0.145. The SMILES string of the molecule is O=C(CCc1ncc(-c2ccc(Cl)cc2)o1)OCc1ccn(-c2ccccc2)n1. The highest BCUT2D eigenvalue weighted by Gasteiger charge is 2.11. The van der Waals surface area contributed by atoms with Crippen LogP contribution in [-0.2, 0) is 22.6 Å². The van der Waals surface area contributed by atoms with Gasteiger partial charge in [-0.1, -0.05) is 29.8 Å². The number of carbonyl (C=O) groups is 1. The molecule has 2 aromatic heterocycles. The van der Waals surface area contributed by atoms with E-state index in [0.717, 1.165) is 11.3 Å². The fourth-order valence-electron chi connectivity index (χ4n) is 2.77. The van der Waals surface area contributed by atoms with E-state index in [-0.39, 0.29) is 19.0 Å². The standard InChI is InChI=1S/C22H18ClN3O3/c23-17-8-6-16(7-9-17)20-14-24-21(29-20)10-11-22(27)28-15-18-12-13-26(25-18)19-4-2-1-3-5-19/h1-9,12-14H,10-11,15H2. The van der Waals surface area contributed by atoms with Crippen LogP contribution in [0.1, 0.15) is 18.0 Å². The largest absolute Gasteiger partial charge is 0.459 e. The summed E-state index contributed by atoms with van der Waals surface area (Å²) < 4.78 is 12.7. The molecule has 0 N–H and O–H groups in total. The molecule has 0 unspecified atom stereocenters. The number of para-hydroxylation sites is 1. The first-order chi connectivity index (χ1) is 14.2. The molecule has 0 saturated carbocycles. The minimum Gasteiger partial charge on any atom is -0.459 e. The van der Waals surface area contributed by atoms with Gasteiger partial charge in [-0.15, -0.1) is 0 Å². The number of ether oxygens (including phenoxy) is 1. The molecule has 0 saturated heterocycles. The van der Waals surface area contributed by atoms with Gasteiger partial charge in [0.15, 0.2) is 11.7 Å². The number of aromatic nitrogens is 3. The first kappa shape index (κ1) is 19.0. The van der Waals surface area contributed by atoms with Gasteiger partial charge in [0.1, 0.15) is 12.3 Å². The summed E-state index contributed by atoms with van der Waals surface area (Å²) in [6, 6.07) is 18.9. The van der Waals surface area contributed by atoms with E-state index in [4.69, 9.17) is 20.8 Å². The zero-order valence-corrected chi connectivity index (χ0v) is 16.2. The summed E-state index contributed by atoms with van der Waals surface area (Å²) in [4.78, 5) is 16.3. The van der Waals surface area contributed by atoms with E-state index in [2.05, 4.69) is 10.1 Å². The highest BCUT2D eigenvalue weighted by atomic mass is 35.5. The van der Waals surface area contributed by atoms with Crippen LogP contribution < -0.4 is 0 Å². The molecule has 0 aliphatic carbocycles. The van der Waals surface area contributed by atoms with Crippen molar-refractivity contribution in [1.82, 2.24) is 14.8 Å². The average molecular weight is 408 g/mol. The third kappa shape index (κ3) is 4.92. The molecule has 4 aromatic rings. The molecular weight excluding hydrogens is 390 g/mol. The maximum atomic E-state index is 12.0. The number of aryl methyl sites for hydroxylation is 1. The van der Waals surface area contributed by atoms with Crippen molar-refractivity contribution >= 4 is 17.6 Å². The van der Waals surface area contributed by atoms with Gasteiger partial charge in [-0.25, -0.2) is 9.67 Å². The molecule has 7 heteroatoms. The molecule has 2 heterocycles. The molecule has 0 amide bonds. The zero-order chi connectivity index (χ0) is 20.1. The summed E-state index contributed by atoms with van der Waals surface area (Å²) in [5.41, 5.74) is 2.51. The van der Waals surface area contributed by atoms with Crippen molar-refractivity contribution in [2.24, 2.45) is 0 Å². The number of halogens is 1. The van der Waals surface area contributed by atoms with Crippen molar-refractivity contribution in [3.63, 3.8) is 0 Å². The smallest absolute Gasteiger partial charge is 0.306 e. The molecule has 4 rings (SSSR count). The predicted molar refractivity (Wildman–Crippen MR) is 109 cm³/mol. The van der Waals surface area contributed by atoms with Gasteiger partial charge in [0.2, 0.25) is 0 Å². The second kappa shape index (κ2) is 8.75. The van der Waals surface area contributed by atoms with Crippen molar-refractivity contribution in [2.45, 2.75) is 19.4 Å². The van der Waals surface area contributed by atoms with Crippen LogP contribution in [0.2, 0.25) is 5.02 Å². The van der Waals surface area contributed by atoms with E-state index in [1.807, 2.05) is 54.7 Å². The Bertz CT molecular complexity index is 1090. The first-order valence-electron chi connectivity index (χ1n) is 9.13. The van der Waals surface area contributed by atoms with Crippen LogP contribution in [0.4, 0.5) is 0 Å². The number of benzene rings is 2. The molecule has 0 radical (unpaired) electrons. The molecule has 0 fully saturated rings. The third-order valence-corrected chi connectivity index (χ3v) is 4.52. The van der Waals surface area contributed by atoms with E-state index in [0.29, 0.717) is 28.8 Å². The summed E-state index contributed by atoms with van der Waals surface area (Å²) in [5.74, 6) is 0.794. The summed E-state index contributed by atoms with van der Waals surface area (Å²) in [6.45, 7) is 0.125. The molecule has 146 valence electrons. The maximum absolute atomic E-state index is 12.0. The van der Waals surface area contributed by atoms with E-state index >= 15 is 0 Å². The van der Waals surface area contributed by atoms with Crippen LogP contribution in [-0.4, -0.2) is 20.7 Å². The highest BCUT2D eigenvalue weighted by molar-refractivity contribution is 6.30. The van der Waals surface area contributed by atoms with Gasteiger partial charge in [-0.3, -0.25) is 4.79 Å². The molecular formula is C22H18ClN3O3. The van der Waals surface area contributed by atoms with Crippen molar-refractivity contribution in [2.75, 3.05) is 0 Å². The summed E-state index contributed by atoms with van der Waals surface area (Å²) in [6.07, 6.45) is 4.02. The van der Waals surface area contributed by atoms with E-state index in [1.165, 1.54) is 0 Å². The Morgan fingerprint density at radius 1 is 1.07 bits per heavy atom. The summed E-state index contributed by atoms with van der Waals surface area (Å²) in [7, 11) is 0. The normalized spacial score (nSPS) is 10.8. The van der Waals surface area contributed by atoms with E-state index in [1.54, 1.807) is 23.0 Å². The number of nitrogens with zero attached hydrogens (tertiary/aromatic N) is 3. The second-order valence-corrected chi connectivity index (χ2v) is 6.81. The fraction of sp³-hybridized carbons (Fsp3) is 0.136. The van der Waals surface area contributed by atoms with E-state index in [9.17, 15) is 4.79 Å². The average Bonchev–Trinajstić information content (AvgIpc) is 3.42.